The molecule has 0 amide bonds. The fourth-order valence-corrected chi connectivity index (χ4v) is 2.69. The summed E-state index contributed by atoms with van der Waals surface area (Å²) in [7, 11) is 0. The van der Waals surface area contributed by atoms with Crippen molar-refractivity contribution in [1.29, 1.82) is 0 Å². The zero-order chi connectivity index (χ0) is 13.8. The highest BCUT2D eigenvalue weighted by molar-refractivity contribution is 5.19. The third kappa shape index (κ3) is 7.20. The smallest absolute Gasteiger partial charge is 0.0162 e. The predicted octanol–water partition coefficient (Wildman–Crippen LogP) is 6.49. The molecule has 0 radical (unpaired) electrons. The standard InChI is InChI=1S/C19H30/c1-3-5-7-8-9-11-15-18(14-6-4-2)19-16-12-10-13-17-19/h3,10,12-13,16-18H,1,4-9,11,14-15H2,2H3. The van der Waals surface area contributed by atoms with Crippen LogP contribution in [0.15, 0.2) is 43.0 Å². The normalized spacial score (nSPS) is 12.3. The molecule has 0 nitrogen and oxygen atoms in total. The summed E-state index contributed by atoms with van der Waals surface area (Å²) < 4.78 is 0. The van der Waals surface area contributed by atoms with Crippen molar-refractivity contribution in [1.82, 2.24) is 0 Å². The summed E-state index contributed by atoms with van der Waals surface area (Å²) >= 11 is 0. The van der Waals surface area contributed by atoms with E-state index in [9.17, 15) is 0 Å². The molecule has 0 aliphatic carbocycles. The molecule has 1 unspecified atom stereocenters. The third-order valence-electron chi connectivity index (χ3n) is 3.89. The Morgan fingerprint density at radius 3 is 2.32 bits per heavy atom. The fourth-order valence-electron chi connectivity index (χ4n) is 2.69. The number of rotatable bonds is 11. The minimum absolute atomic E-state index is 0.778. The highest BCUT2D eigenvalue weighted by Gasteiger charge is 2.10. The molecule has 0 N–H and O–H groups in total. The van der Waals surface area contributed by atoms with Crippen molar-refractivity contribution in [3.8, 4) is 0 Å². The molecule has 1 atom stereocenters. The number of hydrogen-bond acceptors (Lipinski definition) is 0. The molecule has 19 heavy (non-hydrogen) atoms. The van der Waals surface area contributed by atoms with Crippen LogP contribution in [0.1, 0.15) is 76.2 Å². The van der Waals surface area contributed by atoms with Crippen LogP contribution in [0.2, 0.25) is 0 Å². The van der Waals surface area contributed by atoms with Crippen LogP contribution in [-0.4, -0.2) is 0 Å². The first-order valence-electron chi connectivity index (χ1n) is 8.04. The Kier molecular flexibility index (Phi) is 9.14. The molecule has 0 aromatic heterocycles. The second kappa shape index (κ2) is 10.8. The Hall–Kier alpha value is -1.04. The lowest BCUT2D eigenvalue weighted by Crippen LogP contribution is -1.99. The lowest BCUT2D eigenvalue weighted by molar-refractivity contribution is 0.506. The summed E-state index contributed by atoms with van der Waals surface area (Å²) in [5.41, 5.74) is 1.54. The lowest BCUT2D eigenvalue weighted by Gasteiger charge is -2.17. The molecule has 0 saturated heterocycles. The van der Waals surface area contributed by atoms with Crippen molar-refractivity contribution < 1.29 is 0 Å². The number of unbranched alkanes of at least 4 members (excludes halogenated alkanes) is 5. The molecule has 0 aliphatic heterocycles. The first kappa shape index (κ1) is 16.0. The van der Waals surface area contributed by atoms with Gasteiger partial charge in [-0.05, 0) is 37.2 Å². The van der Waals surface area contributed by atoms with E-state index in [1.165, 1.54) is 57.8 Å². The zero-order valence-corrected chi connectivity index (χ0v) is 12.6. The second-order valence-electron chi connectivity index (χ2n) is 5.53. The largest absolute Gasteiger partial charge is 0.103 e. The Balaban J connectivity index is 2.31. The van der Waals surface area contributed by atoms with Crippen molar-refractivity contribution in [2.75, 3.05) is 0 Å². The van der Waals surface area contributed by atoms with Gasteiger partial charge in [-0.15, -0.1) is 6.58 Å². The number of benzene rings is 1. The van der Waals surface area contributed by atoms with Crippen molar-refractivity contribution >= 4 is 0 Å². The average molecular weight is 258 g/mol. The second-order valence-corrected chi connectivity index (χ2v) is 5.53. The summed E-state index contributed by atoms with van der Waals surface area (Å²) in [5, 5.41) is 0. The molecule has 0 bridgehead atoms. The van der Waals surface area contributed by atoms with Crippen molar-refractivity contribution in [3.63, 3.8) is 0 Å². The molecule has 0 spiro atoms. The maximum atomic E-state index is 3.78. The first-order chi connectivity index (χ1) is 9.38. The Labute approximate surface area is 119 Å². The van der Waals surface area contributed by atoms with E-state index in [0.29, 0.717) is 0 Å². The van der Waals surface area contributed by atoms with Gasteiger partial charge in [-0.1, -0.05) is 75.4 Å². The van der Waals surface area contributed by atoms with Crippen LogP contribution in [0.25, 0.3) is 0 Å². The molecule has 106 valence electrons. The van der Waals surface area contributed by atoms with E-state index < -0.39 is 0 Å². The third-order valence-corrected chi connectivity index (χ3v) is 3.89. The van der Waals surface area contributed by atoms with E-state index in [1.807, 2.05) is 6.08 Å². The highest BCUT2D eigenvalue weighted by Crippen LogP contribution is 2.27. The Morgan fingerprint density at radius 2 is 1.63 bits per heavy atom. The lowest BCUT2D eigenvalue weighted by atomic mass is 9.88. The topological polar surface area (TPSA) is 0 Å². The summed E-state index contributed by atoms with van der Waals surface area (Å²) in [4.78, 5) is 0. The van der Waals surface area contributed by atoms with Gasteiger partial charge in [-0.25, -0.2) is 0 Å². The van der Waals surface area contributed by atoms with Gasteiger partial charge in [0.05, 0.1) is 0 Å². The molecular weight excluding hydrogens is 228 g/mol. The number of hydrogen-bond donors (Lipinski definition) is 0. The van der Waals surface area contributed by atoms with E-state index in [-0.39, 0.29) is 0 Å². The minimum atomic E-state index is 0.778. The molecule has 0 saturated carbocycles. The van der Waals surface area contributed by atoms with Gasteiger partial charge in [-0.2, -0.15) is 0 Å². The van der Waals surface area contributed by atoms with Crippen LogP contribution in [-0.2, 0) is 0 Å². The highest BCUT2D eigenvalue weighted by atomic mass is 14.1. The van der Waals surface area contributed by atoms with Gasteiger partial charge in [-0.3, -0.25) is 0 Å². The summed E-state index contributed by atoms with van der Waals surface area (Å²) in [5.74, 6) is 0.778. The van der Waals surface area contributed by atoms with Crippen LogP contribution in [0.4, 0.5) is 0 Å². The SMILES string of the molecule is C=CCCCCCCC(CCCC)c1ccccc1. The maximum absolute atomic E-state index is 3.78. The fraction of sp³-hybridized carbons (Fsp3) is 0.579. The monoisotopic (exact) mass is 258 g/mol. The summed E-state index contributed by atoms with van der Waals surface area (Å²) in [6, 6.07) is 11.1. The molecule has 0 aliphatic rings. The van der Waals surface area contributed by atoms with Gasteiger partial charge in [0.2, 0.25) is 0 Å². The van der Waals surface area contributed by atoms with Crippen molar-refractivity contribution in [3.05, 3.63) is 48.6 Å². The zero-order valence-electron chi connectivity index (χ0n) is 12.6. The van der Waals surface area contributed by atoms with Crippen LogP contribution in [0.3, 0.4) is 0 Å². The van der Waals surface area contributed by atoms with E-state index >= 15 is 0 Å². The molecule has 0 fully saturated rings. The molecule has 0 heteroatoms. The maximum Gasteiger partial charge on any atom is -0.0162 e. The molecular formula is C19H30. The number of allylic oxidation sites excluding steroid dienone is 1. The van der Waals surface area contributed by atoms with Gasteiger partial charge in [0, 0.05) is 0 Å². The molecule has 0 heterocycles. The van der Waals surface area contributed by atoms with Crippen LogP contribution < -0.4 is 0 Å². The van der Waals surface area contributed by atoms with Crippen molar-refractivity contribution in [2.45, 2.75) is 70.6 Å². The average Bonchev–Trinajstić information content (AvgIpc) is 2.46. The summed E-state index contributed by atoms with van der Waals surface area (Å²) in [6.07, 6.45) is 14.0. The Morgan fingerprint density at radius 1 is 0.947 bits per heavy atom. The van der Waals surface area contributed by atoms with Gasteiger partial charge in [0.1, 0.15) is 0 Å². The van der Waals surface area contributed by atoms with Gasteiger partial charge in [0.25, 0.3) is 0 Å². The van der Waals surface area contributed by atoms with Crippen LogP contribution in [0.5, 0.6) is 0 Å². The van der Waals surface area contributed by atoms with Crippen LogP contribution >= 0.6 is 0 Å². The van der Waals surface area contributed by atoms with Gasteiger partial charge < -0.3 is 0 Å². The minimum Gasteiger partial charge on any atom is -0.103 e. The van der Waals surface area contributed by atoms with E-state index in [0.717, 1.165) is 5.92 Å². The van der Waals surface area contributed by atoms with Crippen LogP contribution in [0, 0.1) is 0 Å². The van der Waals surface area contributed by atoms with E-state index in [4.69, 9.17) is 0 Å². The molecule has 1 aromatic rings. The van der Waals surface area contributed by atoms with E-state index in [2.05, 4.69) is 43.8 Å². The first-order valence-corrected chi connectivity index (χ1v) is 8.04. The van der Waals surface area contributed by atoms with Gasteiger partial charge >= 0.3 is 0 Å². The van der Waals surface area contributed by atoms with E-state index in [1.54, 1.807) is 5.56 Å². The van der Waals surface area contributed by atoms with Gasteiger partial charge in [0.15, 0.2) is 0 Å². The van der Waals surface area contributed by atoms with Crippen molar-refractivity contribution in [2.24, 2.45) is 0 Å². The quantitative estimate of drug-likeness (QED) is 0.314. The molecule has 1 aromatic carbocycles. The Bertz CT molecular complexity index is 312. The summed E-state index contributed by atoms with van der Waals surface area (Å²) in [6.45, 7) is 6.07. The predicted molar refractivity (Wildman–Crippen MR) is 86.6 cm³/mol. The molecule has 1 rings (SSSR count).